The Balaban J connectivity index is 1.61. The second kappa shape index (κ2) is 8.72. The first kappa shape index (κ1) is 19.1. The third-order valence-electron chi connectivity index (χ3n) is 4.12. The van der Waals surface area contributed by atoms with Crippen molar-refractivity contribution >= 4 is 17.6 Å². The van der Waals surface area contributed by atoms with Gasteiger partial charge in [0.15, 0.2) is 0 Å². The summed E-state index contributed by atoms with van der Waals surface area (Å²) < 4.78 is 42.2. The lowest BCUT2D eigenvalue weighted by Gasteiger charge is -2.31. The first-order chi connectivity index (χ1) is 11.3. The van der Waals surface area contributed by atoms with E-state index in [2.05, 4.69) is 0 Å². The number of rotatable bonds is 6. The molecule has 0 radical (unpaired) electrons. The van der Waals surface area contributed by atoms with E-state index in [0.717, 1.165) is 5.56 Å². The number of hydrogen-bond donors (Lipinski definition) is 0. The van der Waals surface area contributed by atoms with Gasteiger partial charge in [-0.3, -0.25) is 9.69 Å². The van der Waals surface area contributed by atoms with Crippen LogP contribution < -0.4 is 0 Å². The van der Waals surface area contributed by atoms with E-state index in [-0.39, 0.29) is 18.3 Å². The highest BCUT2D eigenvalue weighted by Crippen LogP contribution is 2.22. The van der Waals surface area contributed by atoms with Crippen molar-refractivity contribution in [1.82, 2.24) is 4.90 Å². The van der Waals surface area contributed by atoms with Crippen molar-refractivity contribution in [3.05, 3.63) is 34.9 Å². The van der Waals surface area contributed by atoms with Crippen LogP contribution in [-0.2, 0) is 16.0 Å². The number of piperidine rings is 1. The third kappa shape index (κ3) is 7.09. The Kier molecular flexibility index (Phi) is 6.92. The van der Waals surface area contributed by atoms with Crippen LogP contribution >= 0.6 is 11.6 Å². The number of hydrogen-bond acceptors (Lipinski definition) is 3. The molecule has 1 aromatic rings. The van der Waals surface area contributed by atoms with Crippen molar-refractivity contribution in [3.63, 3.8) is 0 Å². The van der Waals surface area contributed by atoms with Crippen LogP contribution in [0.15, 0.2) is 24.3 Å². The van der Waals surface area contributed by atoms with E-state index in [4.69, 9.17) is 16.3 Å². The zero-order valence-electron chi connectivity index (χ0n) is 13.3. The summed E-state index contributed by atoms with van der Waals surface area (Å²) in [5.41, 5.74) is 1.01. The third-order valence-corrected chi connectivity index (χ3v) is 4.37. The fraction of sp³-hybridized carbons (Fsp3) is 0.588. The molecule has 7 heteroatoms. The van der Waals surface area contributed by atoms with Gasteiger partial charge in [0.2, 0.25) is 0 Å². The number of alkyl halides is 3. The average Bonchev–Trinajstić information content (AvgIpc) is 2.52. The molecule has 0 saturated carbocycles. The molecule has 0 aromatic heterocycles. The highest BCUT2D eigenvalue weighted by Gasteiger charge is 2.32. The number of ether oxygens (including phenoxy) is 1. The summed E-state index contributed by atoms with van der Waals surface area (Å²) in [6.45, 7) is 0.221. The van der Waals surface area contributed by atoms with Crippen LogP contribution in [0.25, 0.3) is 0 Å². The fourth-order valence-corrected chi connectivity index (χ4v) is 2.87. The second-order valence-electron chi connectivity index (χ2n) is 6.14. The monoisotopic (exact) mass is 363 g/mol. The average molecular weight is 364 g/mol. The zero-order valence-corrected chi connectivity index (χ0v) is 14.1. The number of aryl methyl sites for hydroxylation is 1. The lowest BCUT2D eigenvalue weighted by atomic mass is 9.98. The van der Waals surface area contributed by atoms with Crippen LogP contribution in [-0.4, -0.2) is 43.3 Å². The van der Waals surface area contributed by atoms with E-state index < -0.39 is 12.7 Å². The number of nitrogens with zero attached hydrogens (tertiary/aromatic N) is 1. The molecule has 1 heterocycles. The summed E-state index contributed by atoms with van der Waals surface area (Å²) in [7, 11) is 0. The molecular formula is C17H21ClF3NO2. The van der Waals surface area contributed by atoms with Crippen LogP contribution in [0.5, 0.6) is 0 Å². The molecule has 0 aliphatic carbocycles. The van der Waals surface area contributed by atoms with Gasteiger partial charge >= 0.3 is 12.1 Å². The fourth-order valence-electron chi connectivity index (χ4n) is 2.75. The van der Waals surface area contributed by atoms with Gasteiger partial charge in [-0.25, -0.2) is 0 Å². The van der Waals surface area contributed by atoms with Gasteiger partial charge in [0.1, 0.15) is 0 Å². The van der Waals surface area contributed by atoms with Crippen molar-refractivity contribution < 1.29 is 22.7 Å². The van der Waals surface area contributed by atoms with Gasteiger partial charge in [-0.05, 0) is 56.0 Å². The molecule has 24 heavy (non-hydrogen) atoms. The smallest absolute Gasteiger partial charge is 0.401 e. The number of likely N-dealkylation sites (tertiary alicyclic amines) is 1. The molecule has 1 aliphatic heterocycles. The van der Waals surface area contributed by atoms with Gasteiger partial charge in [0.05, 0.1) is 13.2 Å². The van der Waals surface area contributed by atoms with Crippen molar-refractivity contribution in [3.8, 4) is 0 Å². The maximum Gasteiger partial charge on any atom is 0.401 e. The van der Waals surface area contributed by atoms with Crippen LogP contribution in [0.2, 0.25) is 5.02 Å². The Hall–Kier alpha value is -1.27. The van der Waals surface area contributed by atoms with Gasteiger partial charge in [0, 0.05) is 11.4 Å². The predicted molar refractivity (Wildman–Crippen MR) is 86.0 cm³/mol. The Morgan fingerprint density at radius 1 is 1.21 bits per heavy atom. The molecule has 1 aromatic carbocycles. The molecule has 0 amide bonds. The molecule has 2 rings (SSSR count). The van der Waals surface area contributed by atoms with E-state index in [1.54, 1.807) is 12.1 Å². The van der Waals surface area contributed by atoms with Gasteiger partial charge < -0.3 is 4.74 Å². The van der Waals surface area contributed by atoms with E-state index in [9.17, 15) is 18.0 Å². The van der Waals surface area contributed by atoms with Crippen LogP contribution in [0, 0.1) is 5.92 Å². The van der Waals surface area contributed by atoms with Crippen molar-refractivity contribution in [2.75, 3.05) is 26.2 Å². The normalized spacial score (nSPS) is 17.0. The second-order valence-corrected chi connectivity index (χ2v) is 6.58. The summed E-state index contributed by atoms with van der Waals surface area (Å²) in [5.74, 6) is -0.128. The Morgan fingerprint density at radius 2 is 1.83 bits per heavy atom. The van der Waals surface area contributed by atoms with Gasteiger partial charge in [0.25, 0.3) is 0 Å². The molecule has 0 atom stereocenters. The molecule has 134 valence electrons. The van der Waals surface area contributed by atoms with Crippen molar-refractivity contribution in [1.29, 1.82) is 0 Å². The zero-order chi connectivity index (χ0) is 17.6. The van der Waals surface area contributed by atoms with E-state index in [0.29, 0.717) is 44.0 Å². The topological polar surface area (TPSA) is 29.5 Å². The molecule has 1 saturated heterocycles. The molecule has 0 unspecified atom stereocenters. The standard InChI is InChI=1S/C17H21ClF3NO2/c18-15-4-1-13(2-5-15)3-6-16(23)24-11-14-7-9-22(10-8-14)12-17(19,20)21/h1-2,4-5,14H,3,6-12H2. The minimum Gasteiger partial charge on any atom is -0.465 e. The highest BCUT2D eigenvalue weighted by atomic mass is 35.5. The lowest BCUT2D eigenvalue weighted by Crippen LogP contribution is -2.40. The Morgan fingerprint density at radius 3 is 2.42 bits per heavy atom. The van der Waals surface area contributed by atoms with E-state index in [1.807, 2.05) is 12.1 Å². The molecule has 0 spiro atoms. The molecular weight excluding hydrogens is 343 g/mol. The van der Waals surface area contributed by atoms with Gasteiger partial charge in [-0.2, -0.15) is 13.2 Å². The van der Waals surface area contributed by atoms with Gasteiger partial charge in [-0.15, -0.1) is 0 Å². The minimum atomic E-state index is -4.15. The lowest BCUT2D eigenvalue weighted by molar-refractivity contribution is -0.150. The van der Waals surface area contributed by atoms with Gasteiger partial charge in [-0.1, -0.05) is 23.7 Å². The molecule has 1 fully saturated rings. The van der Waals surface area contributed by atoms with Crippen LogP contribution in [0.4, 0.5) is 13.2 Å². The van der Waals surface area contributed by atoms with E-state index >= 15 is 0 Å². The van der Waals surface area contributed by atoms with Crippen molar-refractivity contribution in [2.45, 2.75) is 31.9 Å². The molecule has 3 nitrogen and oxygen atoms in total. The number of esters is 1. The van der Waals surface area contributed by atoms with Crippen LogP contribution in [0.1, 0.15) is 24.8 Å². The summed E-state index contributed by atoms with van der Waals surface area (Å²) in [5, 5.41) is 0.651. The summed E-state index contributed by atoms with van der Waals surface area (Å²) in [6, 6.07) is 7.28. The largest absolute Gasteiger partial charge is 0.465 e. The first-order valence-electron chi connectivity index (χ1n) is 8.01. The molecule has 1 aliphatic rings. The Labute approximate surface area is 144 Å². The summed E-state index contributed by atoms with van der Waals surface area (Å²) in [6.07, 6.45) is -2.03. The SMILES string of the molecule is O=C(CCc1ccc(Cl)cc1)OCC1CCN(CC(F)(F)F)CC1. The number of benzene rings is 1. The number of halogens is 4. The van der Waals surface area contributed by atoms with Crippen LogP contribution in [0.3, 0.4) is 0 Å². The Bertz CT molecular complexity index is 526. The minimum absolute atomic E-state index is 0.147. The maximum absolute atomic E-state index is 12.3. The molecule has 0 N–H and O–H groups in total. The number of carbonyl (C=O) groups is 1. The summed E-state index contributed by atoms with van der Waals surface area (Å²) in [4.78, 5) is 13.2. The summed E-state index contributed by atoms with van der Waals surface area (Å²) >= 11 is 5.80. The number of carbonyl (C=O) groups excluding carboxylic acids is 1. The van der Waals surface area contributed by atoms with E-state index in [1.165, 1.54) is 4.90 Å². The molecule has 0 bridgehead atoms. The first-order valence-corrected chi connectivity index (χ1v) is 8.39. The quantitative estimate of drug-likeness (QED) is 0.713. The van der Waals surface area contributed by atoms with Crippen molar-refractivity contribution in [2.24, 2.45) is 5.92 Å². The maximum atomic E-state index is 12.3. The predicted octanol–water partition coefficient (Wildman–Crippen LogP) is 4.09. The highest BCUT2D eigenvalue weighted by molar-refractivity contribution is 6.30.